The Kier molecular flexibility index (Phi) is 3.57. The molecule has 0 fully saturated rings. The lowest BCUT2D eigenvalue weighted by molar-refractivity contribution is -0.274. The summed E-state index contributed by atoms with van der Waals surface area (Å²) in [6.45, 7) is 0. The molecule has 2 aromatic rings. The van der Waals surface area contributed by atoms with Gasteiger partial charge in [-0.25, -0.2) is 0 Å². The first-order chi connectivity index (χ1) is 8.85. The Morgan fingerprint density at radius 1 is 0.947 bits per heavy atom. The smallest absolute Gasteiger partial charge is 0.404 e. The molecule has 0 unspecified atom stereocenters. The highest BCUT2D eigenvalue weighted by Crippen LogP contribution is 2.33. The van der Waals surface area contributed by atoms with Crippen molar-refractivity contribution in [3.8, 4) is 16.9 Å². The molecule has 0 aromatic heterocycles. The van der Waals surface area contributed by atoms with E-state index in [-0.39, 0.29) is 5.69 Å². The van der Waals surface area contributed by atoms with Crippen molar-refractivity contribution in [3.63, 3.8) is 0 Å². The largest absolute Gasteiger partial charge is 0.573 e. The van der Waals surface area contributed by atoms with Crippen LogP contribution in [0.5, 0.6) is 5.75 Å². The van der Waals surface area contributed by atoms with E-state index in [0.717, 1.165) is 5.56 Å². The second kappa shape index (κ2) is 5.01. The van der Waals surface area contributed by atoms with Crippen LogP contribution in [0.2, 0.25) is 5.02 Å². The number of hydrogen-bond acceptors (Lipinski definition) is 2. The van der Waals surface area contributed by atoms with Gasteiger partial charge in [0.2, 0.25) is 0 Å². The summed E-state index contributed by atoms with van der Waals surface area (Å²) >= 11 is 5.75. The van der Waals surface area contributed by atoms with E-state index in [0.29, 0.717) is 10.6 Å². The van der Waals surface area contributed by atoms with Crippen LogP contribution in [-0.4, -0.2) is 6.36 Å². The normalized spacial score (nSPS) is 11.4. The molecule has 0 radical (unpaired) electrons. The number of nitrogens with two attached hydrogens (primary N) is 1. The molecule has 2 nitrogen and oxygen atoms in total. The van der Waals surface area contributed by atoms with Crippen LogP contribution >= 0.6 is 11.6 Å². The van der Waals surface area contributed by atoms with Crippen molar-refractivity contribution in [1.29, 1.82) is 0 Å². The van der Waals surface area contributed by atoms with Crippen molar-refractivity contribution in [1.82, 2.24) is 0 Å². The van der Waals surface area contributed by atoms with E-state index < -0.39 is 12.1 Å². The molecular formula is C13H9ClF3NO. The van der Waals surface area contributed by atoms with Crippen LogP contribution in [-0.2, 0) is 0 Å². The lowest BCUT2D eigenvalue weighted by Gasteiger charge is -2.12. The van der Waals surface area contributed by atoms with Crippen LogP contribution in [0, 0.1) is 0 Å². The van der Waals surface area contributed by atoms with Gasteiger partial charge in [0, 0.05) is 5.02 Å². The number of anilines is 1. The number of hydrogen-bond donors (Lipinski definition) is 1. The van der Waals surface area contributed by atoms with Crippen molar-refractivity contribution >= 4 is 17.3 Å². The third-order valence-corrected chi connectivity index (χ3v) is 2.67. The second-order valence-corrected chi connectivity index (χ2v) is 4.24. The predicted molar refractivity (Wildman–Crippen MR) is 68.0 cm³/mol. The minimum Gasteiger partial charge on any atom is -0.404 e. The van der Waals surface area contributed by atoms with Crippen LogP contribution < -0.4 is 10.5 Å². The van der Waals surface area contributed by atoms with Gasteiger partial charge in [0.05, 0.1) is 5.69 Å². The Morgan fingerprint density at radius 2 is 1.53 bits per heavy atom. The fourth-order valence-electron chi connectivity index (χ4n) is 1.57. The van der Waals surface area contributed by atoms with E-state index >= 15 is 0 Å². The zero-order valence-electron chi connectivity index (χ0n) is 9.54. The lowest BCUT2D eigenvalue weighted by atomic mass is 10.1. The van der Waals surface area contributed by atoms with Crippen LogP contribution in [0.4, 0.5) is 18.9 Å². The topological polar surface area (TPSA) is 35.2 Å². The van der Waals surface area contributed by atoms with Crippen LogP contribution in [0.1, 0.15) is 0 Å². The van der Waals surface area contributed by atoms with E-state index in [2.05, 4.69) is 4.74 Å². The highest BCUT2D eigenvalue weighted by Gasteiger charge is 2.32. The van der Waals surface area contributed by atoms with Crippen molar-refractivity contribution in [2.75, 3.05) is 5.73 Å². The highest BCUT2D eigenvalue weighted by atomic mass is 35.5. The van der Waals surface area contributed by atoms with E-state index in [9.17, 15) is 13.2 Å². The summed E-state index contributed by atoms with van der Waals surface area (Å²) in [4.78, 5) is 0. The molecule has 0 saturated heterocycles. The fraction of sp³-hybridized carbons (Fsp3) is 0.0769. The summed E-state index contributed by atoms with van der Waals surface area (Å²) in [7, 11) is 0. The molecule has 2 aromatic carbocycles. The summed E-state index contributed by atoms with van der Waals surface area (Å²) in [6, 6.07) is 10.9. The van der Waals surface area contributed by atoms with Gasteiger partial charge in [-0.2, -0.15) is 0 Å². The molecule has 0 amide bonds. The number of rotatable bonds is 2. The summed E-state index contributed by atoms with van der Waals surface area (Å²) in [6.07, 6.45) is -4.77. The molecule has 0 saturated carbocycles. The average molecular weight is 288 g/mol. The minimum absolute atomic E-state index is 0.0740. The summed E-state index contributed by atoms with van der Waals surface area (Å²) in [5, 5.41) is 0.547. The number of nitrogen functional groups attached to an aromatic ring is 1. The van der Waals surface area contributed by atoms with Gasteiger partial charge in [0.15, 0.2) is 5.75 Å². The molecular weight excluding hydrogens is 279 g/mol. The molecule has 0 atom stereocenters. The predicted octanol–water partition coefficient (Wildman–Crippen LogP) is 4.49. The summed E-state index contributed by atoms with van der Waals surface area (Å²) in [5.41, 5.74) is 6.66. The summed E-state index contributed by atoms with van der Waals surface area (Å²) < 4.78 is 40.5. The SMILES string of the molecule is Nc1ccc(-c2ccc(Cl)cc2)cc1OC(F)(F)F. The molecule has 2 rings (SSSR count). The minimum atomic E-state index is -4.77. The summed E-state index contributed by atoms with van der Waals surface area (Å²) in [5.74, 6) is -0.417. The first-order valence-corrected chi connectivity index (χ1v) is 5.64. The van der Waals surface area contributed by atoms with Crippen LogP contribution in [0.15, 0.2) is 42.5 Å². The zero-order chi connectivity index (χ0) is 14.0. The number of halogens is 4. The molecule has 0 spiro atoms. The molecule has 0 bridgehead atoms. The second-order valence-electron chi connectivity index (χ2n) is 3.81. The van der Waals surface area contributed by atoms with E-state index in [1.165, 1.54) is 12.1 Å². The molecule has 0 heterocycles. The van der Waals surface area contributed by atoms with Gasteiger partial charge in [0.1, 0.15) is 0 Å². The number of ether oxygens (including phenoxy) is 1. The quantitative estimate of drug-likeness (QED) is 0.826. The van der Waals surface area contributed by atoms with Gasteiger partial charge in [-0.15, -0.1) is 13.2 Å². The van der Waals surface area contributed by atoms with Gasteiger partial charge in [-0.1, -0.05) is 29.8 Å². The highest BCUT2D eigenvalue weighted by molar-refractivity contribution is 6.30. The fourth-order valence-corrected chi connectivity index (χ4v) is 1.70. The van der Waals surface area contributed by atoms with E-state index in [1.807, 2.05) is 0 Å². The molecule has 100 valence electrons. The van der Waals surface area contributed by atoms with Crippen LogP contribution in [0.25, 0.3) is 11.1 Å². The van der Waals surface area contributed by atoms with E-state index in [1.54, 1.807) is 30.3 Å². The first-order valence-electron chi connectivity index (χ1n) is 5.26. The average Bonchev–Trinajstić information content (AvgIpc) is 2.31. The van der Waals surface area contributed by atoms with Crippen molar-refractivity contribution in [2.24, 2.45) is 0 Å². The van der Waals surface area contributed by atoms with Gasteiger partial charge in [0.25, 0.3) is 0 Å². The van der Waals surface area contributed by atoms with Gasteiger partial charge in [-0.3, -0.25) is 0 Å². The maximum atomic E-state index is 12.2. The molecule has 6 heteroatoms. The molecule has 0 aliphatic carbocycles. The van der Waals surface area contributed by atoms with Crippen molar-refractivity contribution in [2.45, 2.75) is 6.36 Å². The number of benzene rings is 2. The molecule has 0 aliphatic heterocycles. The van der Waals surface area contributed by atoms with Gasteiger partial charge >= 0.3 is 6.36 Å². The third-order valence-electron chi connectivity index (χ3n) is 2.42. The van der Waals surface area contributed by atoms with Crippen molar-refractivity contribution in [3.05, 3.63) is 47.5 Å². The molecule has 0 aliphatic rings. The van der Waals surface area contributed by atoms with E-state index in [4.69, 9.17) is 17.3 Å². The van der Waals surface area contributed by atoms with Gasteiger partial charge < -0.3 is 10.5 Å². The Labute approximate surface area is 112 Å². The van der Waals surface area contributed by atoms with Crippen LogP contribution in [0.3, 0.4) is 0 Å². The van der Waals surface area contributed by atoms with Gasteiger partial charge in [-0.05, 0) is 35.4 Å². The third kappa shape index (κ3) is 3.54. The lowest BCUT2D eigenvalue weighted by Crippen LogP contribution is -2.18. The Balaban J connectivity index is 2.38. The zero-order valence-corrected chi connectivity index (χ0v) is 10.3. The molecule has 2 N–H and O–H groups in total. The standard InChI is InChI=1S/C13H9ClF3NO/c14-10-4-1-8(2-5-10)9-3-6-11(18)12(7-9)19-13(15,16)17/h1-7H,18H2. The van der Waals surface area contributed by atoms with Crippen molar-refractivity contribution < 1.29 is 17.9 Å². The monoisotopic (exact) mass is 287 g/mol. The maximum absolute atomic E-state index is 12.2. The Hall–Kier alpha value is -1.88. The molecule has 19 heavy (non-hydrogen) atoms. The Bertz CT molecular complexity index is 581. The Morgan fingerprint density at radius 3 is 2.11 bits per heavy atom. The number of alkyl halides is 3. The first kappa shape index (κ1) is 13.5. The maximum Gasteiger partial charge on any atom is 0.573 e.